The molecule has 0 bridgehead atoms. The zero-order valence-corrected chi connectivity index (χ0v) is 22.9. The van der Waals surface area contributed by atoms with E-state index in [1.165, 1.54) is 30.1 Å². The van der Waals surface area contributed by atoms with E-state index in [1.807, 2.05) is 12.1 Å². The van der Waals surface area contributed by atoms with Crippen LogP contribution in [0.4, 0.5) is 0 Å². The van der Waals surface area contributed by atoms with Crippen LogP contribution in [-0.4, -0.2) is 38.2 Å². The van der Waals surface area contributed by atoms with E-state index in [0.29, 0.717) is 48.1 Å². The van der Waals surface area contributed by atoms with Crippen molar-refractivity contribution in [2.45, 2.75) is 19.9 Å². The van der Waals surface area contributed by atoms with Gasteiger partial charge in [-0.25, -0.2) is 9.79 Å². The molecule has 0 unspecified atom stereocenters. The van der Waals surface area contributed by atoms with Gasteiger partial charge in [0, 0.05) is 4.47 Å². The number of hydrogen-bond acceptors (Lipinski definition) is 9. The van der Waals surface area contributed by atoms with Gasteiger partial charge < -0.3 is 23.7 Å². The fourth-order valence-electron chi connectivity index (χ4n) is 4.32. The molecule has 1 atom stereocenters. The predicted molar refractivity (Wildman–Crippen MR) is 140 cm³/mol. The van der Waals surface area contributed by atoms with E-state index in [4.69, 9.17) is 23.7 Å². The van der Waals surface area contributed by atoms with Crippen molar-refractivity contribution in [2.24, 2.45) is 4.99 Å². The van der Waals surface area contributed by atoms with Crippen molar-refractivity contribution in [1.82, 2.24) is 4.57 Å². The molecule has 9 nitrogen and oxygen atoms in total. The number of carbonyl (C=O) groups is 1. The van der Waals surface area contributed by atoms with Gasteiger partial charge in [-0.05, 0) is 55.3 Å². The highest BCUT2D eigenvalue weighted by atomic mass is 79.9. The van der Waals surface area contributed by atoms with E-state index < -0.39 is 12.0 Å². The zero-order chi connectivity index (χ0) is 26.3. The number of benzene rings is 2. The fourth-order valence-corrected chi connectivity index (χ4v) is 5.91. The molecule has 0 fully saturated rings. The van der Waals surface area contributed by atoms with Crippen molar-refractivity contribution in [2.75, 3.05) is 27.6 Å². The zero-order valence-electron chi connectivity index (χ0n) is 20.5. The average Bonchev–Trinajstić information content (AvgIpc) is 3.47. The monoisotopic (exact) mass is 586 g/mol. The van der Waals surface area contributed by atoms with Gasteiger partial charge in [-0.2, -0.15) is 0 Å². The van der Waals surface area contributed by atoms with Crippen LogP contribution in [0, 0.1) is 0 Å². The van der Waals surface area contributed by atoms with Crippen molar-refractivity contribution in [3.63, 3.8) is 0 Å². The maximum atomic E-state index is 13.8. The number of hydrogen-bond donors (Lipinski definition) is 0. The van der Waals surface area contributed by atoms with Crippen LogP contribution in [0.5, 0.6) is 23.0 Å². The second-order valence-corrected chi connectivity index (χ2v) is 10.0. The minimum atomic E-state index is -0.802. The average molecular weight is 587 g/mol. The Morgan fingerprint density at radius 3 is 2.65 bits per heavy atom. The third-order valence-corrected chi connectivity index (χ3v) is 7.68. The van der Waals surface area contributed by atoms with E-state index in [9.17, 15) is 9.59 Å². The van der Waals surface area contributed by atoms with Crippen LogP contribution in [0.1, 0.15) is 31.0 Å². The molecule has 2 aromatic carbocycles. The van der Waals surface area contributed by atoms with Gasteiger partial charge in [0.05, 0.1) is 42.7 Å². The molecule has 0 amide bonds. The first kappa shape index (κ1) is 25.1. The molecule has 2 aliphatic heterocycles. The number of esters is 1. The number of nitrogens with zero attached hydrogens (tertiary/aromatic N) is 2. The van der Waals surface area contributed by atoms with Crippen molar-refractivity contribution >= 4 is 39.3 Å². The van der Waals surface area contributed by atoms with Gasteiger partial charge >= 0.3 is 5.97 Å². The largest absolute Gasteiger partial charge is 0.493 e. The van der Waals surface area contributed by atoms with Crippen molar-refractivity contribution in [1.29, 1.82) is 0 Å². The normalized spacial score (nSPS) is 16.4. The van der Waals surface area contributed by atoms with Crippen molar-refractivity contribution < 1.29 is 28.5 Å². The number of carbonyl (C=O) groups excluding carboxylic acids is 1. The summed E-state index contributed by atoms with van der Waals surface area (Å²) in [6.45, 7) is 3.82. The van der Waals surface area contributed by atoms with E-state index in [0.717, 1.165) is 5.56 Å². The van der Waals surface area contributed by atoms with Crippen molar-refractivity contribution in [3.05, 3.63) is 76.9 Å². The predicted octanol–water partition coefficient (Wildman–Crippen LogP) is 3.31. The van der Waals surface area contributed by atoms with E-state index in [-0.39, 0.29) is 24.5 Å². The van der Waals surface area contributed by atoms with Gasteiger partial charge in [0.2, 0.25) is 6.79 Å². The highest BCUT2D eigenvalue weighted by Crippen LogP contribution is 2.41. The maximum Gasteiger partial charge on any atom is 0.338 e. The Labute approximate surface area is 224 Å². The summed E-state index contributed by atoms with van der Waals surface area (Å²) in [5.41, 5.74) is 1.87. The maximum absolute atomic E-state index is 13.8. The Morgan fingerprint density at radius 2 is 1.92 bits per heavy atom. The lowest BCUT2D eigenvalue weighted by molar-refractivity contribution is -0.139. The minimum Gasteiger partial charge on any atom is -0.493 e. The third-order valence-electron chi connectivity index (χ3n) is 6.01. The van der Waals surface area contributed by atoms with E-state index >= 15 is 0 Å². The van der Waals surface area contributed by atoms with Crippen LogP contribution < -0.4 is 33.8 Å². The summed E-state index contributed by atoms with van der Waals surface area (Å²) in [7, 11) is 3.07. The first-order valence-corrected chi connectivity index (χ1v) is 13.0. The Hall–Kier alpha value is -3.57. The van der Waals surface area contributed by atoms with Crippen LogP contribution in [0.3, 0.4) is 0 Å². The van der Waals surface area contributed by atoms with Gasteiger partial charge in [-0.1, -0.05) is 33.3 Å². The second kappa shape index (κ2) is 10.1. The SMILES string of the molecule is CCOC(=O)C1=C(C)N=c2s/c(=C\c3ccc4c(c3)OCO4)c(=O)n2[C@@H]1c1cc(OC)c(OC)cc1Br. The molecule has 0 saturated carbocycles. The minimum absolute atomic E-state index is 0.164. The third kappa shape index (κ3) is 4.42. The highest BCUT2D eigenvalue weighted by Gasteiger charge is 2.35. The lowest BCUT2D eigenvalue weighted by atomic mass is 9.95. The number of halogens is 1. The van der Waals surface area contributed by atoms with Crippen LogP contribution in [0.2, 0.25) is 0 Å². The van der Waals surface area contributed by atoms with E-state index in [2.05, 4.69) is 20.9 Å². The molecular formula is C26H23BrN2O7S. The molecule has 0 radical (unpaired) electrons. The molecule has 37 heavy (non-hydrogen) atoms. The van der Waals surface area contributed by atoms with Gasteiger partial charge in [-0.3, -0.25) is 9.36 Å². The highest BCUT2D eigenvalue weighted by molar-refractivity contribution is 9.10. The lowest BCUT2D eigenvalue weighted by Crippen LogP contribution is -2.40. The summed E-state index contributed by atoms with van der Waals surface area (Å²) in [5, 5.41) is 0. The number of fused-ring (bicyclic) bond motifs is 2. The van der Waals surface area contributed by atoms with Crippen LogP contribution in [0.15, 0.2) is 55.9 Å². The lowest BCUT2D eigenvalue weighted by Gasteiger charge is -2.26. The second-order valence-electron chi connectivity index (χ2n) is 8.14. The fraction of sp³-hybridized carbons (Fsp3) is 0.269. The molecule has 2 aliphatic rings. The quantitative estimate of drug-likeness (QED) is 0.409. The molecule has 0 spiro atoms. The van der Waals surface area contributed by atoms with Crippen LogP contribution in [0.25, 0.3) is 6.08 Å². The molecule has 0 saturated heterocycles. The van der Waals surface area contributed by atoms with Crippen LogP contribution >= 0.6 is 27.3 Å². The first-order chi connectivity index (χ1) is 17.9. The molecule has 3 aromatic rings. The molecule has 11 heteroatoms. The first-order valence-electron chi connectivity index (χ1n) is 11.4. The van der Waals surface area contributed by atoms with Gasteiger partial charge in [0.1, 0.15) is 0 Å². The van der Waals surface area contributed by atoms with Gasteiger partial charge in [0.25, 0.3) is 5.56 Å². The van der Waals surface area contributed by atoms with Gasteiger partial charge in [-0.15, -0.1) is 0 Å². The van der Waals surface area contributed by atoms with E-state index in [1.54, 1.807) is 38.1 Å². The molecule has 192 valence electrons. The number of thiazole rings is 1. The molecule has 5 rings (SSSR count). The Balaban J connectivity index is 1.74. The number of rotatable bonds is 6. The topological polar surface area (TPSA) is 97.6 Å². The summed E-state index contributed by atoms with van der Waals surface area (Å²) in [6, 6.07) is 8.16. The summed E-state index contributed by atoms with van der Waals surface area (Å²) in [4.78, 5) is 32.1. The molecule has 1 aromatic heterocycles. The van der Waals surface area contributed by atoms with Crippen LogP contribution in [-0.2, 0) is 9.53 Å². The summed E-state index contributed by atoms with van der Waals surface area (Å²) < 4.78 is 29.8. The smallest absolute Gasteiger partial charge is 0.338 e. The van der Waals surface area contributed by atoms with Crippen molar-refractivity contribution in [3.8, 4) is 23.0 Å². The standard InChI is InChI=1S/C26H23BrN2O7S/c1-5-34-25(31)22-13(2)28-26-29(23(22)15-10-18(32-3)19(33-4)11-16(15)27)24(30)21(37-26)9-14-6-7-17-20(8-14)36-12-35-17/h6-11,23H,5,12H2,1-4H3/b21-9-/t23-/m1/s1. The van der Waals surface area contributed by atoms with Gasteiger partial charge in [0.15, 0.2) is 27.8 Å². The number of allylic oxidation sites excluding steroid dienone is 1. The Morgan fingerprint density at radius 1 is 1.19 bits per heavy atom. The summed E-state index contributed by atoms with van der Waals surface area (Å²) in [6.07, 6.45) is 1.77. The molecular weight excluding hydrogens is 564 g/mol. The summed E-state index contributed by atoms with van der Waals surface area (Å²) >= 11 is 4.84. The molecule has 3 heterocycles. The molecule has 0 N–H and O–H groups in total. The Kier molecular flexibility index (Phi) is 6.82. The number of ether oxygens (including phenoxy) is 5. The Bertz CT molecular complexity index is 1620. The molecule has 0 aliphatic carbocycles. The number of methoxy groups -OCH3 is 2. The number of aromatic nitrogens is 1. The summed E-state index contributed by atoms with van der Waals surface area (Å²) in [5.74, 6) is 1.70.